The van der Waals surface area contributed by atoms with Crippen molar-refractivity contribution in [2.24, 2.45) is 0 Å². The predicted molar refractivity (Wildman–Crippen MR) is 51.9 cm³/mol. The fourth-order valence-electron chi connectivity index (χ4n) is 1.46. The van der Waals surface area contributed by atoms with E-state index in [9.17, 15) is 4.79 Å². The lowest BCUT2D eigenvalue weighted by Gasteiger charge is -2.12. The van der Waals surface area contributed by atoms with Gasteiger partial charge < -0.3 is 5.11 Å². The van der Waals surface area contributed by atoms with Gasteiger partial charge in [0.15, 0.2) is 0 Å². The Hall–Kier alpha value is -1.45. The fourth-order valence-corrected chi connectivity index (χ4v) is 1.46. The first-order chi connectivity index (χ1) is 6.74. The average molecular weight is 194 g/mol. The van der Waals surface area contributed by atoms with Crippen LogP contribution in [-0.4, -0.2) is 21.0 Å². The van der Waals surface area contributed by atoms with Gasteiger partial charge in [-0.2, -0.15) is 0 Å². The topological polar surface area (TPSA) is 63.1 Å². The van der Waals surface area contributed by atoms with E-state index >= 15 is 0 Å². The highest BCUT2D eigenvalue weighted by atomic mass is 16.4. The first kappa shape index (κ1) is 10.6. The highest BCUT2D eigenvalue weighted by molar-refractivity contribution is 5.67. The largest absolute Gasteiger partial charge is 0.481 e. The quantitative estimate of drug-likeness (QED) is 0.776. The molecule has 0 spiro atoms. The van der Waals surface area contributed by atoms with Gasteiger partial charge in [-0.05, 0) is 12.5 Å². The predicted octanol–water partition coefficient (Wildman–Crippen LogP) is 1.83. The van der Waals surface area contributed by atoms with Crippen molar-refractivity contribution in [2.45, 2.75) is 32.1 Å². The van der Waals surface area contributed by atoms with Crippen LogP contribution in [0.15, 0.2) is 18.6 Å². The van der Waals surface area contributed by atoms with E-state index in [1.54, 1.807) is 12.3 Å². The van der Waals surface area contributed by atoms with Crippen LogP contribution in [0.3, 0.4) is 0 Å². The summed E-state index contributed by atoms with van der Waals surface area (Å²) < 4.78 is 0. The zero-order valence-corrected chi connectivity index (χ0v) is 8.18. The van der Waals surface area contributed by atoms with Crippen molar-refractivity contribution >= 4 is 5.97 Å². The van der Waals surface area contributed by atoms with Crippen molar-refractivity contribution < 1.29 is 9.90 Å². The molecular weight excluding hydrogens is 180 g/mol. The molecule has 0 saturated heterocycles. The minimum absolute atomic E-state index is 0.0144. The lowest BCUT2D eigenvalue weighted by Crippen LogP contribution is -2.07. The number of carbonyl (C=O) groups is 1. The number of hydrogen-bond acceptors (Lipinski definition) is 3. The van der Waals surface area contributed by atoms with Gasteiger partial charge in [-0.15, -0.1) is 0 Å². The van der Waals surface area contributed by atoms with Crippen molar-refractivity contribution in [3.63, 3.8) is 0 Å². The lowest BCUT2D eigenvalue weighted by atomic mass is 9.96. The fraction of sp³-hybridized carbons (Fsp3) is 0.500. The van der Waals surface area contributed by atoms with Crippen LogP contribution in [0.2, 0.25) is 0 Å². The molecule has 1 rings (SSSR count). The normalized spacial score (nSPS) is 12.4. The van der Waals surface area contributed by atoms with Crippen molar-refractivity contribution in [2.75, 3.05) is 0 Å². The number of carboxylic acid groups (broad SMARTS) is 1. The number of nitrogens with zero attached hydrogens (tertiary/aromatic N) is 2. The van der Waals surface area contributed by atoms with E-state index in [1.165, 1.54) is 6.33 Å². The summed E-state index contributed by atoms with van der Waals surface area (Å²) in [5.41, 5.74) is 0.823. The molecule has 1 N–H and O–H groups in total. The Kier molecular flexibility index (Phi) is 4.04. The molecular formula is C10H14N2O2. The molecule has 1 unspecified atom stereocenters. The zero-order valence-electron chi connectivity index (χ0n) is 8.18. The summed E-state index contributed by atoms with van der Waals surface area (Å²) in [4.78, 5) is 18.5. The maximum atomic E-state index is 10.6. The van der Waals surface area contributed by atoms with Crippen molar-refractivity contribution in [3.8, 4) is 0 Å². The maximum absolute atomic E-state index is 10.6. The SMILES string of the molecule is CCCC(CC(=O)O)c1ccncn1. The van der Waals surface area contributed by atoms with Crippen LogP contribution in [0, 0.1) is 0 Å². The summed E-state index contributed by atoms with van der Waals surface area (Å²) in [6.45, 7) is 2.04. The van der Waals surface area contributed by atoms with Gasteiger partial charge in [0.25, 0.3) is 0 Å². The summed E-state index contributed by atoms with van der Waals surface area (Å²) >= 11 is 0. The van der Waals surface area contributed by atoms with Crippen molar-refractivity contribution in [3.05, 3.63) is 24.3 Å². The minimum Gasteiger partial charge on any atom is -0.481 e. The summed E-state index contributed by atoms with van der Waals surface area (Å²) in [6.07, 6.45) is 5.06. The van der Waals surface area contributed by atoms with Crippen LogP contribution in [0.25, 0.3) is 0 Å². The molecule has 0 fully saturated rings. The second-order valence-electron chi connectivity index (χ2n) is 3.22. The molecule has 0 radical (unpaired) electrons. The maximum Gasteiger partial charge on any atom is 0.304 e. The van der Waals surface area contributed by atoms with E-state index in [0.717, 1.165) is 18.5 Å². The summed E-state index contributed by atoms with van der Waals surface area (Å²) in [5, 5.41) is 8.73. The molecule has 0 saturated carbocycles. The highest BCUT2D eigenvalue weighted by Crippen LogP contribution is 2.22. The first-order valence-corrected chi connectivity index (χ1v) is 4.71. The summed E-state index contributed by atoms with van der Waals surface area (Å²) in [6, 6.07) is 1.78. The van der Waals surface area contributed by atoms with Gasteiger partial charge in [-0.1, -0.05) is 13.3 Å². The number of hydrogen-bond donors (Lipinski definition) is 1. The molecule has 1 heterocycles. The highest BCUT2D eigenvalue weighted by Gasteiger charge is 2.15. The Balaban J connectivity index is 2.72. The summed E-state index contributed by atoms with van der Waals surface area (Å²) in [5.74, 6) is -0.762. The van der Waals surface area contributed by atoms with E-state index in [2.05, 4.69) is 9.97 Å². The van der Waals surface area contributed by atoms with Crippen molar-refractivity contribution in [1.82, 2.24) is 9.97 Å². The van der Waals surface area contributed by atoms with E-state index in [-0.39, 0.29) is 12.3 Å². The number of aromatic nitrogens is 2. The molecule has 0 aliphatic carbocycles. The monoisotopic (exact) mass is 194 g/mol. The van der Waals surface area contributed by atoms with Gasteiger partial charge in [0.05, 0.1) is 6.42 Å². The molecule has 0 amide bonds. The van der Waals surface area contributed by atoms with Crippen LogP contribution in [0.4, 0.5) is 0 Å². The number of aliphatic carboxylic acids is 1. The molecule has 0 aliphatic rings. The Bertz CT molecular complexity index is 287. The van der Waals surface area contributed by atoms with Gasteiger partial charge in [-0.3, -0.25) is 4.79 Å². The second-order valence-corrected chi connectivity index (χ2v) is 3.22. The Morgan fingerprint density at radius 1 is 1.64 bits per heavy atom. The summed E-state index contributed by atoms with van der Waals surface area (Å²) in [7, 11) is 0. The number of carboxylic acids is 1. The van der Waals surface area contributed by atoms with Gasteiger partial charge in [0.1, 0.15) is 6.33 Å². The smallest absolute Gasteiger partial charge is 0.304 e. The Labute approximate surface area is 83.0 Å². The van der Waals surface area contributed by atoms with E-state index in [0.29, 0.717) is 0 Å². The van der Waals surface area contributed by atoms with E-state index in [4.69, 9.17) is 5.11 Å². The van der Waals surface area contributed by atoms with Gasteiger partial charge >= 0.3 is 5.97 Å². The lowest BCUT2D eigenvalue weighted by molar-refractivity contribution is -0.137. The van der Waals surface area contributed by atoms with Crippen LogP contribution in [0.1, 0.15) is 37.8 Å². The van der Waals surface area contributed by atoms with Crippen LogP contribution in [-0.2, 0) is 4.79 Å². The molecule has 4 heteroatoms. The first-order valence-electron chi connectivity index (χ1n) is 4.71. The molecule has 1 atom stereocenters. The molecule has 0 aliphatic heterocycles. The van der Waals surface area contributed by atoms with Crippen LogP contribution >= 0.6 is 0 Å². The minimum atomic E-state index is -0.776. The molecule has 1 aromatic rings. The third-order valence-electron chi connectivity index (χ3n) is 2.08. The average Bonchev–Trinajstić information content (AvgIpc) is 2.18. The third kappa shape index (κ3) is 3.12. The van der Waals surface area contributed by atoms with E-state index < -0.39 is 5.97 Å². The Morgan fingerprint density at radius 3 is 2.93 bits per heavy atom. The molecule has 0 bridgehead atoms. The van der Waals surface area contributed by atoms with Gasteiger partial charge in [-0.25, -0.2) is 9.97 Å². The molecule has 76 valence electrons. The van der Waals surface area contributed by atoms with Crippen molar-refractivity contribution in [1.29, 1.82) is 0 Å². The number of rotatable bonds is 5. The zero-order chi connectivity index (χ0) is 10.4. The molecule has 4 nitrogen and oxygen atoms in total. The van der Waals surface area contributed by atoms with Gasteiger partial charge in [0.2, 0.25) is 0 Å². The van der Waals surface area contributed by atoms with Crippen LogP contribution in [0.5, 0.6) is 0 Å². The Morgan fingerprint density at radius 2 is 2.43 bits per heavy atom. The van der Waals surface area contributed by atoms with Crippen LogP contribution < -0.4 is 0 Å². The molecule has 14 heavy (non-hydrogen) atoms. The molecule has 0 aromatic carbocycles. The van der Waals surface area contributed by atoms with E-state index in [1.807, 2.05) is 6.92 Å². The third-order valence-corrected chi connectivity index (χ3v) is 2.08. The van der Waals surface area contributed by atoms with Gasteiger partial charge in [0, 0.05) is 17.8 Å². The standard InChI is InChI=1S/C10H14N2O2/c1-2-3-8(6-10(13)14)9-4-5-11-7-12-9/h4-5,7-8H,2-3,6H2,1H3,(H,13,14). The molecule has 1 aromatic heterocycles. The second kappa shape index (κ2) is 5.32.